The van der Waals surface area contributed by atoms with Crippen molar-refractivity contribution < 1.29 is 14.7 Å². The summed E-state index contributed by atoms with van der Waals surface area (Å²) in [5, 5.41) is 14.4. The van der Waals surface area contributed by atoms with Crippen molar-refractivity contribution in [3.8, 4) is 0 Å². The van der Waals surface area contributed by atoms with Gasteiger partial charge >= 0.3 is 12.0 Å². The molecule has 0 aromatic rings. The van der Waals surface area contributed by atoms with Crippen molar-refractivity contribution in [1.82, 2.24) is 10.6 Å². The van der Waals surface area contributed by atoms with E-state index in [1.54, 1.807) is 0 Å². The number of nitrogens with one attached hydrogen (secondary N) is 2. The third-order valence-corrected chi connectivity index (χ3v) is 3.22. The van der Waals surface area contributed by atoms with Crippen molar-refractivity contribution >= 4 is 12.0 Å². The Bertz CT molecular complexity index is 273. The van der Waals surface area contributed by atoms with Crippen LogP contribution in [0.25, 0.3) is 0 Å². The molecule has 1 atom stereocenters. The molecule has 0 saturated heterocycles. The van der Waals surface area contributed by atoms with E-state index in [9.17, 15) is 9.59 Å². The Hall–Kier alpha value is -1.26. The maximum absolute atomic E-state index is 11.7. The molecule has 1 saturated carbocycles. The summed E-state index contributed by atoms with van der Waals surface area (Å²) in [7, 11) is 0. The van der Waals surface area contributed by atoms with Crippen LogP contribution in [0.5, 0.6) is 0 Å². The van der Waals surface area contributed by atoms with Gasteiger partial charge in [-0.25, -0.2) is 4.79 Å². The average Bonchev–Trinajstić information content (AvgIpc) is 3.08. The van der Waals surface area contributed by atoms with Crippen molar-refractivity contribution in [3.63, 3.8) is 0 Å². The highest BCUT2D eigenvalue weighted by atomic mass is 16.4. The van der Waals surface area contributed by atoms with Crippen LogP contribution in [0.1, 0.15) is 46.0 Å². The lowest BCUT2D eigenvalue weighted by atomic mass is 10.1. The Morgan fingerprint density at radius 3 is 2.24 bits per heavy atom. The van der Waals surface area contributed by atoms with E-state index >= 15 is 0 Å². The molecule has 5 nitrogen and oxygen atoms in total. The second-order valence-electron chi connectivity index (χ2n) is 4.67. The van der Waals surface area contributed by atoms with E-state index in [0.29, 0.717) is 5.92 Å². The van der Waals surface area contributed by atoms with Crippen LogP contribution in [0.15, 0.2) is 0 Å². The van der Waals surface area contributed by atoms with Crippen LogP contribution < -0.4 is 10.6 Å². The van der Waals surface area contributed by atoms with Crippen LogP contribution in [0.2, 0.25) is 0 Å². The lowest BCUT2D eigenvalue weighted by molar-refractivity contribution is -0.137. The summed E-state index contributed by atoms with van der Waals surface area (Å²) in [6.45, 7) is 4.04. The van der Waals surface area contributed by atoms with Gasteiger partial charge in [-0.3, -0.25) is 4.79 Å². The minimum Gasteiger partial charge on any atom is -0.481 e. The number of carboxylic acids is 1. The molecule has 0 aromatic carbocycles. The van der Waals surface area contributed by atoms with Gasteiger partial charge in [0.15, 0.2) is 0 Å². The van der Waals surface area contributed by atoms with Crippen molar-refractivity contribution in [2.24, 2.45) is 5.92 Å². The summed E-state index contributed by atoms with van der Waals surface area (Å²) in [4.78, 5) is 22.4. The zero-order valence-electron chi connectivity index (χ0n) is 10.5. The maximum Gasteiger partial charge on any atom is 0.315 e. The van der Waals surface area contributed by atoms with Gasteiger partial charge in [-0.15, -0.1) is 0 Å². The fourth-order valence-corrected chi connectivity index (χ4v) is 1.91. The Labute approximate surface area is 102 Å². The van der Waals surface area contributed by atoms with Crippen LogP contribution in [0, 0.1) is 5.92 Å². The van der Waals surface area contributed by atoms with Gasteiger partial charge in [-0.05, 0) is 31.6 Å². The van der Waals surface area contributed by atoms with Crippen LogP contribution >= 0.6 is 0 Å². The van der Waals surface area contributed by atoms with Crippen molar-refractivity contribution in [2.45, 2.75) is 58.0 Å². The van der Waals surface area contributed by atoms with Crippen molar-refractivity contribution in [1.29, 1.82) is 0 Å². The number of amides is 2. The van der Waals surface area contributed by atoms with E-state index in [0.717, 1.165) is 25.7 Å². The third kappa shape index (κ3) is 5.06. The van der Waals surface area contributed by atoms with E-state index in [1.165, 1.54) is 0 Å². The number of rotatable bonds is 7. The molecule has 1 aliphatic carbocycles. The molecule has 1 aliphatic rings. The van der Waals surface area contributed by atoms with Gasteiger partial charge < -0.3 is 15.7 Å². The zero-order chi connectivity index (χ0) is 12.8. The Balaban J connectivity index is 2.38. The van der Waals surface area contributed by atoms with Gasteiger partial charge in [0.2, 0.25) is 0 Å². The first-order valence-electron chi connectivity index (χ1n) is 6.35. The molecule has 0 heterocycles. The molecule has 0 aromatic heterocycles. The largest absolute Gasteiger partial charge is 0.481 e. The molecule has 3 N–H and O–H groups in total. The second-order valence-corrected chi connectivity index (χ2v) is 4.67. The van der Waals surface area contributed by atoms with E-state index in [1.807, 2.05) is 13.8 Å². The molecule has 1 fully saturated rings. The molecule has 2 amide bonds. The summed E-state index contributed by atoms with van der Waals surface area (Å²) in [6.07, 6.45) is 3.82. The van der Waals surface area contributed by atoms with Crippen LogP contribution in [0.3, 0.4) is 0 Å². The molecule has 98 valence electrons. The van der Waals surface area contributed by atoms with Gasteiger partial charge in [0.05, 0.1) is 6.42 Å². The van der Waals surface area contributed by atoms with E-state index in [4.69, 9.17) is 5.11 Å². The first-order valence-corrected chi connectivity index (χ1v) is 6.35. The van der Waals surface area contributed by atoms with Crippen LogP contribution in [0.4, 0.5) is 4.79 Å². The van der Waals surface area contributed by atoms with Gasteiger partial charge in [-0.1, -0.05) is 13.8 Å². The molecule has 1 unspecified atom stereocenters. The fourth-order valence-electron chi connectivity index (χ4n) is 1.91. The molecule has 5 heteroatoms. The summed E-state index contributed by atoms with van der Waals surface area (Å²) in [5.41, 5.74) is 0. The smallest absolute Gasteiger partial charge is 0.315 e. The highest BCUT2D eigenvalue weighted by molar-refractivity contribution is 5.76. The third-order valence-electron chi connectivity index (χ3n) is 3.22. The highest BCUT2D eigenvalue weighted by Crippen LogP contribution is 2.33. The SMILES string of the molecule is CCC(CC)NC(=O)NC(CC(=O)O)C1CC1. The lowest BCUT2D eigenvalue weighted by Gasteiger charge is -2.20. The van der Waals surface area contributed by atoms with Gasteiger partial charge in [0.1, 0.15) is 0 Å². The standard InChI is InChI=1S/C12H22N2O3/c1-3-9(4-2)13-12(17)14-10(7-11(15)16)8-5-6-8/h8-10H,3-7H2,1-2H3,(H,15,16)(H2,13,14,17). The normalized spacial score (nSPS) is 16.6. The highest BCUT2D eigenvalue weighted by Gasteiger charge is 2.33. The predicted molar refractivity (Wildman–Crippen MR) is 64.8 cm³/mol. The molecular weight excluding hydrogens is 220 g/mol. The second kappa shape index (κ2) is 6.47. The van der Waals surface area contributed by atoms with Gasteiger partial charge in [-0.2, -0.15) is 0 Å². The minimum atomic E-state index is -0.857. The Kier molecular flexibility index (Phi) is 5.25. The first kappa shape index (κ1) is 13.8. The minimum absolute atomic E-state index is 0.0149. The summed E-state index contributed by atoms with van der Waals surface area (Å²) in [5.74, 6) is -0.511. The summed E-state index contributed by atoms with van der Waals surface area (Å²) < 4.78 is 0. The number of urea groups is 1. The van der Waals surface area contributed by atoms with Crippen molar-refractivity contribution in [2.75, 3.05) is 0 Å². The number of hydrogen-bond acceptors (Lipinski definition) is 2. The van der Waals surface area contributed by atoms with E-state index in [-0.39, 0.29) is 24.5 Å². The molecule has 17 heavy (non-hydrogen) atoms. The topological polar surface area (TPSA) is 78.4 Å². The quantitative estimate of drug-likeness (QED) is 0.636. The van der Waals surface area contributed by atoms with Gasteiger partial charge in [0.25, 0.3) is 0 Å². The molecule has 1 rings (SSSR count). The van der Waals surface area contributed by atoms with Crippen LogP contribution in [-0.2, 0) is 4.79 Å². The predicted octanol–water partition coefficient (Wildman–Crippen LogP) is 1.73. The Morgan fingerprint density at radius 1 is 1.24 bits per heavy atom. The summed E-state index contributed by atoms with van der Waals surface area (Å²) in [6, 6.07) is -0.293. The lowest BCUT2D eigenvalue weighted by Crippen LogP contribution is -2.47. The molecule has 0 radical (unpaired) electrons. The number of aliphatic carboxylic acids is 1. The molecule has 0 bridgehead atoms. The molecular formula is C12H22N2O3. The van der Waals surface area contributed by atoms with Crippen LogP contribution in [-0.4, -0.2) is 29.2 Å². The average molecular weight is 242 g/mol. The zero-order valence-corrected chi connectivity index (χ0v) is 10.5. The van der Waals surface area contributed by atoms with E-state index in [2.05, 4.69) is 10.6 Å². The Morgan fingerprint density at radius 2 is 1.82 bits per heavy atom. The number of carbonyl (C=O) groups is 2. The van der Waals surface area contributed by atoms with E-state index < -0.39 is 5.97 Å². The fraction of sp³-hybridized carbons (Fsp3) is 0.833. The number of hydrogen-bond donors (Lipinski definition) is 3. The van der Waals surface area contributed by atoms with Crippen molar-refractivity contribution in [3.05, 3.63) is 0 Å². The van der Waals surface area contributed by atoms with Gasteiger partial charge in [0, 0.05) is 12.1 Å². The number of carbonyl (C=O) groups excluding carboxylic acids is 1. The molecule has 0 aliphatic heterocycles. The molecule has 0 spiro atoms. The first-order chi connectivity index (χ1) is 8.06. The monoisotopic (exact) mass is 242 g/mol. The number of carboxylic acid groups (broad SMARTS) is 1. The maximum atomic E-state index is 11.7. The summed E-state index contributed by atoms with van der Waals surface area (Å²) >= 11 is 0.